The molecule has 0 saturated heterocycles. The lowest BCUT2D eigenvalue weighted by Gasteiger charge is -2.14. The fraction of sp³-hybridized carbons (Fsp3) is 0.286. The minimum absolute atomic E-state index is 0.129. The summed E-state index contributed by atoms with van der Waals surface area (Å²) in [5.41, 5.74) is -2.67. The molecule has 0 unspecified atom stereocenters. The van der Waals surface area contributed by atoms with Gasteiger partial charge in [0.2, 0.25) is 0 Å². The third kappa shape index (κ3) is 2.77. The van der Waals surface area contributed by atoms with Crippen molar-refractivity contribution in [2.75, 3.05) is 0 Å². The lowest BCUT2D eigenvalue weighted by molar-refractivity contribution is -0.140. The zero-order valence-electron chi connectivity index (χ0n) is 6.75. The largest absolute Gasteiger partial charge is 0.419 e. The highest BCUT2D eigenvalue weighted by Gasteiger charge is 2.39. The maximum atomic E-state index is 12.4. The number of rotatable bonds is 1. The van der Waals surface area contributed by atoms with Gasteiger partial charge in [0.1, 0.15) is 5.69 Å². The van der Waals surface area contributed by atoms with Crippen molar-refractivity contribution in [2.24, 2.45) is 0 Å². The van der Waals surface area contributed by atoms with E-state index in [1.807, 2.05) is 0 Å². The van der Waals surface area contributed by atoms with Gasteiger partial charge in [-0.15, -0.1) is 0 Å². The highest BCUT2D eigenvalue weighted by Crippen LogP contribution is 2.41. The Morgan fingerprint density at radius 2 is 1.87 bits per heavy atom. The molecule has 0 aliphatic heterocycles. The molecular formula is C7H2BrF5IN. The highest BCUT2D eigenvalue weighted by atomic mass is 127. The summed E-state index contributed by atoms with van der Waals surface area (Å²) in [6.45, 7) is 0. The molecule has 0 N–H and O–H groups in total. The average molecular weight is 402 g/mol. The second kappa shape index (κ2) is 4.48. The molecule has 0 spiro atoms. The Labute approximate surface area is 103 Å². The van der Waals surface area contributed by atoms with E-state index in [4.69, 9.17) is 0 Å². The predicted molar refractivity (Wildman–Crippen MR) is 54.6 cm³/mol. The Bertz CT molecular complexity index is 378. The molecule has 1 aromatic heterocycles. The molecule has 1 rings (SSSR count). The molecule has 8 heteroatoms. The molecule has 0 aromatic carbocycles. The van der Waals surface area contributed by atoms with Crippen LogP contribution in [0.3, 0.4) is 0 Å². The molecular weight excluding hydrogens is 400 g/mol. The van der Waals surface area contributed by atoms with Crippen molar-refractivity contribution in [3.05, 3.63) is 25.5 Å². The normalized spacial score (nSPS) is 12.3. The number of hydrogen-bond acceptors (Lipinski definition) is 1. The van der Waals surface area contributed by atoms with E-state index in [0.717, 1.165) is 6.20 Å². The first-order chi connectivity index (χ1) is 6.75. The molecule has 0 aliphatic carbocycles. The van der Waals surface area contributed by atoms with Gasteiger partial charge < -0.3 is 0 Å². The van der Waals surface area contributed by atoms with E-state index in [-0.39, 0.29) is 3.57 Å². The number of alkyl halides is 5. The second-order valence-electron chi connectivity index (χ2n) is 2.48. The summed E-state index contributed by atoms with van der Waals surface area (Å²) < 4.78 is 61.6. The van der Waals surface area contributed by atoms with Gasteiger partial charge in [0.05, 0.1) is 5.56 Å². The first kappa shape index (κ1) is 13.1. The van der Waals surface area contributed by atoms with Crippen molar-refractivity contribution < 1.29 is 22.0 Å². The Hall–Kier alpha value is 0.01000. The highest BCUT2D eigenvalue weighted by molar-refractivity contribution is 14.1. The minimum Gasteiger partial charge on any atom is -0.253 e. The first-order valence-electron chi connectivity index (χ1n) is 3.44. The zero-order chi connectivity index (χ0) is 11.8. The van der Waals surface area contributed by atoms with Crippen LogP contribution in [0, 0.1) is 3.57 Å². The fourth-order valence-electron chi connectivity index (χ4n) is 0.914. The van der Waals surface area contributed by atoms with E-state index in [0.29, 0.717) is 0 Å². The summed E-state index contributed by atoms with van der Waals surface area (Å²) >= 11 is 4.21. The van der Waals surface area contributed by atoms with Crippen LogP contribution in [0.15, 0.2) is 10.7 Å². The molecule has 15 heavy (non-hydrogen) atoms. The van der Waals surface area contributed by atoms with Crippen LogP contribution in [0.5, 0.6) is 0 Å². The lowest BCUT2D eigenvalue weighted by Crippen LogP contribution is -2.13. The topological polar surface area (TPSA) is 12.9 Å². The summed E-state index contributed by atoms with van der Waals surface area (Å²) in [6.07, 6.45) is -7.14. The van der Waals surface area contributed by atoms with Crippen LogP contribution < -0.4 is 0 Å². The molecule has 0 fully saturated rings. The van der Waals surface area contributed by atoms with E-state index in [2.05, 4.69) is 20.9 Å². The summed E-state index contributed by atoms with van der Waals surface area (Å²) in [5, 5.41) is 0. The quantitative estimate of drug-likeness (QED) is 0.502. The van der Waals surface area contributed by atoms with Gasteiger partial charge in [0.25, 0.3) is 6.43 Å². The molecule has 0 bridgehead atoms. The third-order valence-corrected chi connectivity index (χ3v) is 3.88. The maximum Gasteiger partial charge on any atom is 0.419 e. The molecule has 1 aromatic rings. The van der Waals surface area contributed by atoms with Crippen LogP contribution in [0.4, 0.5) is 22.0 Å². The maximum absolute atomic E-state index is 12.4. The number of aromatic nitrogens is 1. The van der Waals surface area contributed by atoms with Gasteiger partial charge in [-0.25, -0.2) is 8.78 Å². The van der Waals surface area contributed by atoms with Crippen molar-refractivity contribution >= 4 is 38.5 Å². The van der Waals surface area contributed by atoms with Crippen LogP contribution in [0.1, 0.15) is 17.7 Å². The molecule has 0 saturated carbocycles. The SMILES string of the molecule is FC(F)c1ncc(I)c(Br)c1C(F)(F)F. The number of halogens is 7. The summed E-state index contributed by atoms with van der Waals surface area (Å²) in [4.78, 5) is 3.10. The monoisotopic (exact) mass is 401 g/mol. The van der Waals surface area contributed by atoms with Crippen LogP contribution in [0.25, 0.3) is 0 Å². The van der Waals surface area contributed by atoms with E-state index in [9.17, 15) is 22.0 Å². The van der Waals surface area contributed by atoms with E-state index in [1.165, 1.54) is 0 Å². The fourth-order valence-corrected chi connectivity index (χ4v) is 1.85. The molecule has 0 amide bonds. The van der Waals surface area contributed by atoms with Crippen LogP contribution in [0.2, 0.25) is 0 Å². The van der Waals surface area contributed by atoms with Gasteiger partial charge in [-0.05, 0) is 38.5 Å². The van der Waals surface area contributed by atoms with Crippen molar-refractivity contribution in [3.8, 4) is 0 Å². The van der Waals surface area contributed by atoms with Crippen LogP contribution in [-0.2, 0) is 6.18 Å². The second-order valence-corrected chi connectivity index (χ2v) is 4.43. The summed E-state index contributed by atoms with van der Waals surface area (Å²) in [6, 6.07) is 0. The molecule has 1 nitrogen and oxygen atoms in total. The first-order valence-corrected chi connectivity index (χ1v) is 5.31. The number of hydrogen-bond donors (Lipinski definition) is 0. The van der Waals surface area contributed by atoms with Gasteiger partial charge in [-0.3, -0.25) is 4.98 Å². The van der Waals surface area contributed by atoms with Gasteiger partial charge in [-0.1, -0.05) is 0 Å². The number of pyridine rings is 1. The molecule has 84 valence electrons. The number of nitrogens with zero attached hydrogens (tertiary/aromatic N) is 1. The van der Waals surface area contributed by atoms with Gasteiger partial charge in [0, 0.05) is 14.2 Å². The van der Waals surface area contributed by atoms with E-state index >= 15 is 0 Å². The predicted octanol–water partition coefficient (Wildman–Crippen LogP) is 4.41. The average Bonchev–Trinajstić information content (AvgIpc) is 2.06. The molecule has 0 radical (unpaired) electrons. The van der Waals surface area contributed by atoms with Gasteiger partial charge >= 0.3 is 6.18 Å². The zero-order valence-corrected chi connectivity index (χ0v) is 10.5. The van der Waals surface area contributed by atoms with Crippen molar-refractivity contribution in [3.63, 3.8) is 0 Å². The van der Waals surface area contributed by atoms with Gasteiger partial charge in [0.15, 0.2) is 0 Å². The van der Waals surface area contributed by atoms with Gasteiger partial charge in [-0.2, -0.15) is 13.2 Å². The Balaban J connectivity index is 3.49. The third-order valence-electron chi connectivity index (χ3n) is 1.49. The Kier molecular flexibility index (Phi) is 3.90. The van der Waals surface area contributed by atoms with Crippen molar-refractivity contribution in [1.82, 2.24) is 4.98 Å². The van der Waals surface area contributed by atoms with Crippen molar-refractivity contribution in [2.45, 2.75) is 12.6 Å². The Morgan fingerprint density at radius 1 is 1.33 bits per heavy atom. The lowest BCUT2D eigenvalue weighted by atomic mass is 10.2. The molecule has 0 atom stereocenters. The standard InChI is InChI=1S/C7H2BrF5IN/c8-4-2(14)1-15-5(6(9)10)3(4)7(11,12)13/h1,6H. The minimum atomic E-state index is -4.85. The summed E-state index contributed by atoms with van der Waals surface area (Å²) in [5.74, 6) is 0. The van der Waals surface area contributed by atoms with Crippen LogP contribution >= 0.6 is 38.5 Å². The smallest absolute Gasteiger partial charge is 0.253 e. The van der Waals surface area contributed by atoms with E-state index < -0.39 is 28.3 Å². The van der Waals surface area contributed by atoms with E-state index in [1.54, 1.807) is 22.6 Å². The summed E-state index contributed by atoms with van der Waals surface area (Å²) in [7, 11) is 0. The molecule has 1 heterocycles. The molecule has 0 aliphatic rings. The van der Waals surface area contributed by atoms with Crippen LogP contribution in [-0.4, -0.2) is 4.98 Å². The Morgan fingerprint density at radius 3 is 2.27 bits per heavy atom. The van der Waals surface area contributed by atoms with Crippen molar-refractivity contribution in [1.29, 1.82) is 0 Å².